The molecular weight excluding hydrogens is 431 g/mol. The van der Waals surface area contributed by atoms with E-state index in [4.69, 9.17) is 9.47 Å². The van der Waals surface area contributed by atoms with Crippen molar-refractivity contribution in [2.45, 2.75) is 57.7 Å². The number of hydrogen-bond acceptors (Lipinski definition) is 5. The van der Waals surface area contributed by atoms with Crippen LogP contribution in [0.3, 0.4) is 0 Å². The van der Waals surface area contributed by atoms with Crippen LogP contribution >= 0.6 is 0 Å². The van der Waals surface area contributed by atoms with Crippen molar-refractivity contribution in [3.05, 3.63) is 52.1 Å². The largest absolute Gasteiger partial charge is 0.486 e. The summed E-state index contributed by atoms with van der Waals surface area (Å²) in [6.07, 6.45) is 2.82. The molecule has 4 rings (SSSR count). The van der Waals surface area contributed by atoms with Crippen molar-refractivity contribution in [3.63, 3.8) is 0 Å². The lowest BCUT2D eigenvalue weighted by molar-refractivity contribution is 0.0189. The Labute approximate surface area is 190 Å². The summed E-state index contributed by atoms with van der Waals surface area (Å²) >= 11 is 0. The van der Waals surface area contributed by atoms with Crippen molar-refractivity contribution in [2.75, 3.05) is 13.2 Å². The lowest BCUT2D eigenvalue weighted by atomic mass is 10.1. The molecule has 1 aromatic heterocycles. The second-order valence-electron chi connectivity index (χ2n) is 9.62. The third-order valence-corrected chi connectivity index (χ3v) is 5.68. The Morgan fingerprint density at radius 2 is 1.97 bits per heavy atom. The van der Waals surface area contributed by atoms with Crippen LogP contribution in [0.15, 0.2) is 35.3 Å². The van der Waals surface area contributed by atoms with E-state index in [2.05, 4.69) is 6.58 Å². The van der Waals surface area contributed by atoms with E-state index in [1.165, 1.54) is 17.2 Å². The van der Waals surface area contributed by atoms with Crippen LogP contribution in [-0.2, 0) is 4.74 Å². The number of pyridine rings is 1. The molecule has 9 heteroatoms. The number of rotatable bonds is 5. The average molecular weight is 458 g/mol. The van der Waals surface area contributed by atoms with Gasteiger partial charge < -0.3 is 19.1 Å². The molecule has 1 aliphatic carbocycles. The topological polar surface area (TPSA) is 98.1 Å². The number of carbonyl (C=O) groups is 2. The number of likely N-dealkylation sites (tertiary alicyclic amines) is 1. The predicted molar refractivity (Wildman–Crippen MR) is 119 cm³/mol. The fourth-order valence-corrected chi connectivity index (χ4v) is 4.06. The zero-order chi connectivity index (χ0) is 24.1. The highest BCUT2D eigenvalue weighted by molar-refractivity contribution is 5.94. The summed E-state index contributed by atoms with van der Waals surface area (Å²) in [4.78, 5) is 38.5. The molecule has 2 heterocycles. The summed E-state index contributed by atoms with van der Waals surface area (Å²) < 4.78 is 27.9. The number of aromatic carboxylic acids is 1. The second-order valence-corrected chi connectivity index (χ2v) is 9.62. The number of halogens is 1. The molecule has 0 radical (unpaired) electrons. The monoisotopic (exact) mass is 458 g/mol. The molecule has 1 saturated heterocycles. The lowest BCUT2D eigenvalue weighted by Gasteiger charge is -2.28. The van der Waals surface area contributed by atoms with Gasteiger partial charge in [-0.25, -0.2) is 14.0 Å². The Morgan fingerprint density at radius 3 is 2.58 bits per heavy atom. The Hall–Kier alpha value is -3.36. The molecule has 33 heavy (non-hydrogen) atoms. The van der Waals surface area contributed by atoms with Gasteiger partial charge in [0.1, 0.15) is 17.8 Å². The molecule has 2 aliphatic rings. The van der Waals surface area contributed by atoms with Gasteiger partial charge >= 0.3 is 12.1 Å². The van der Waals surface area contributed by atoms with Gasteiger partial charge in [-0.1, -0.05) is 12.2 Å². The van der Waals surface area contributed by atoms with Crippen LogP contribution in [-0.4, -0.2) is 51.4 Å². The van der Waals surface area contributed by atoms with Crippen LogP contribution in [0.1, 0.15) is 56.4 Å². The van der Waals surface area contributed by atoms with Crippen LogP contribution < -0.4 is 10.2 Å². The zero-order valence-corrected chi connectivity index (χ0v) is 18.9. The molecule has 0 spiro atoms. The first-order chi connectivity index (χ1) is 15.5. The Morgan fingerprint density at radius 1 is 1.27 bits per heavy atom. The van der Waals surface area contributed by atoms with E-state index < -0.39 is 35.0 Å². The molecule has 0 bridgehead atoms. The molecular formula is C24H27FN2O6. The smallest absolute Gasteiger partial charge is 0.410 e. The molecule has 8 nitrogen and oxygen atoms in total. The van der Waals surface area contributed by atoms with Gasteiger partial charge in [-0.2, -0.15) is 0 Å². The molecule has 1 saturated carbocycles. The second kappa shape index (κ2) is 8.20. The maximum Gasteiger partial charge on any atom is 0.410 e. The standard InChI is InChI=1S/C24H27FN2O6/c1-13-9-15(27(10-13)23(31)33-24(2,3)4)12-32-21-18(25)8-7-16-19(21)26(14-5-6-14)11-17(20(16)28)22(29)30/h7-8,11,14-15H,1,5-6,9-10,12H2,2-4H3,(H,29,30)/t15-/m0/s1. The van der Waals surface area contributed by atoms with Gasteiger partial charge in [-0.3, -0.25) is 9.69 Å². The van der Waals surface area contributed by atoms with Crippen LogP contribution in [0, 0.1) is 5.82 Å². The third-order valence-electron chi connectivity index (χ3n) is 5.68. The molecule has 1 aromatic carbocycles. The number of carbonyl (C=O) groups excluding carboxylic acids is 1. The number of fused-ring (bicyclic) bond motifs is 1. The van der Waals surface area contributed by atoms with Crippen molar-refractivity contribution in [2.24, 2.45) is 0 Å². The normalized spacial score (nSPS) is 18.6. The summed E-state index contributed by atoms with van der Waals surface area (Å²) in [7, 11) is 0. The van der Waals surface area contributed by atoms with E-state index in [0.29, 0.717) is 13.0 Å². The molecule has 1 atom stereocenters. The maximum atomic E-state index is 14.9. The number of aromatic nitrogens is 1. The maximum absolute atomic E-state index is 14.9. The SMILES string of the molecule is C=C1C[C@@H](COc2c(F)ccc3c(=O)c(C(=O)O)cn(C4CC4)c23)N(C(=O)OC(C)(C)C)C1. The van der Waals surface area contributed by atoms with Crippen molar-refractivity contribution in [3.8, 4) is 5.75 Å². The number of amides is 1. The highest BCUT2D eigenvalue weighted by Gasteiger charge is 2.35. The zero-order valence-electron chi connectivity index (χ0n) is 18.9. The van der Waals surface area contributed by atoms with Crippen LogP contribution in [0.25, 0.3) is 10.9 Å². The van der Waals surface area contributed by atoms with Gasteiger partial charge in [0.05, 0.1) is 16.9 Å². The molecule has 1 N–H and O–H groups in total. The van der Waals surface area contributed by atoms with Crippen LogP contribution in [0.2, 0.25) is 0 Å². The van der Waals surface area contributed by atoms with Gasteiger partial charge in [0, 0.05) is 18.8 Å². The molecule has 0 unspecified atom stereocenters. The molecule has 2 fully saturated rings. The number of carboxylic acids is 1. The quantitative estimate of drug-likeness (QED) is 0.677. The van der Waals surface area contributed by atoms with E-state index in [1.807, 2.05) is 0 Å². The minimum Gasteiger partial charge on any atom is -0.486 e. The summed E-state index contributed by atoms with van der Waals surface area (Å²) in [6, 6.07) is 1.94. The van der Waals surface area contributed by atoms with E-state index in [9.17, 15) is 23.9 Å². The van der Waals surface area contributed by atoms with Crippen LogP contribution in [0.5, 0.6) is 5.75 Å². The first kappa shape index (κ1) is 22.8. The van der Waals surface area contributed by atoms with Crippen molar-refractivity contribution >= 4 is 23.0 Å². The number of nitrogens with zero attached hydrogens (tertiary/aromatic N) is 2. The van der Waals surface area contributed by atoms with Crippen molar-refractivity contribution < 1.29 is 28.6 Å². The first-order valence-corrected chi connectivity index (χ1v) is 10.9. The summed E-state index contributed by atoms with van der Waals surface area (Å²) in [6.45, 7) is 9.56. The predicted octanol–water partition coefficient (Wildman–Crippen LogP) is 4.12. The molecule has 1 aliphatic heterocycles. The van der Waals surface area contributed by atoms with Gasteiger partial charge in [0.2, 0.25) is 5.43 Å². The molecule has 2 aromatic rings. The summed E-state index contributed by atoms with van der Waals surface area (Å²) in [5.41, 5.74) is -0.669. The van der Waals surface area contributed by atoms with E-state index in [0.717, 1.165) is 24.5 Å². The Bertz CT molecular complexity index is 1210. The minimum atomic E-state index is -1.33. The van der Waals surface area contributed by atoms with Crippen LogP contribution in [0.4, 0.5) is 9.18 Å². The minimum absolute atomic E-state index is 0.0279. The third kappa shape index (κ3) is 4.58. The fraction of sp³-hybridized carbons (Fsp3) is 0.458. The Balaban J connectivity index is 1.69. The van der Waals surface area contributed by atoms with E-state index >= 15 is 0 Å². The van der Waals surface area contributed by atoms with Gasteiger partial charge in [0.25, 0.3) is 0 Å². The van der Waals surface area contributed by atoms with Gasteiger partial charge in [-0.15, -0.1) is 0 Å². The average Bonchev–Trinajstić information content (AvgIpc) is 3.47. The highest BCUT2D eigenvalue weighted by atomic mass is 19.1. The summed E-state index contributed by atoms with van der Waals surface area (Å²) in [5.74, 6) is -2.13. The van der Waals surface area contributed by atoms with Crippen molar-refractivity contribution in [1.82, 2.24) is 9.47 Å². The van der Waals surface area contributed by atoms with Gasteiger partial charge in [0.15, 0.2) is 11.6 Å². The number of carboxylic acid groups (broad SMARTS) is 1. The lowest BCUT2D eigenvalue weighted by Crippen LogP contribution is -2.42. The first-order valence-electron chi connectivity index (χ1n) is 10.9. The van der Waals surface area contributed by atoms with Gasteiger partial charge in [-0.05, 0) is 52.2 Å². The van der Waals surface area contributed by atoms with E-state index in [-0.39, 0.29) is 34.9 Å². The number of benzene rings is 1. The number of hydrogen-bond donors (Lipinski definition) is 1. The molecule has 1 amide bonds. The van der Waals surface area contributed by atoms with E-state index in [1.54, 1.807) is 25.3 Å². The highest BCUT2D eigenvalue weighted by Crippen LogP contribution is 2.40. The fourth-order valence-electron chi connectivity index (χ4n) is 4.06. The van der Waals surface area contributed by atoms with Crippen molar-refractivity contribution in [1.29, 1.82) is 0 Å². The summed E-state index contributed by atoms with van der Waals surface area (Å²) in [5, 5.41) is 9.51. The number of ether oxygens (including phenoxy) is 2. The Kier molecular flexibility index (Phi) is 5.67. The molecule has 176 valence electrons.